The summed E-state index contributed by atoms with van der Waals surface area (Å²) in [6.45, 7) is 8.23. The highest BCUT2D eigenvalue weighted by atomic mass is 15.1. The van der Waals surface area contributed by atoms with Crippen LogP contribution in [0.5, 0.6) is 0 Å². The van der Waals surface area contributed by atoms with Crippen LogP contribution in [0.15, 0.2) is 89.9 Å². The number of aliphatic imine (C=N–C) groups is 1. The van der Waals surface area contributed by atoms with Crippen molar-refractivity contribution in [1.82, 2.24) is 15.3 Å². The zero-order valence-electron chi connectivity index (χ0n) is 20.0. The summed E-state index contributed by atoms with van der Waals surface area (Å²) in [5, 5.41) is 3.65. The van der Waals surface area contributed by atoms with Crippen molar-refractivity contribution in [3.8, 4) is 11.4 Å². The number of rotatable bonds is 4. The molecule has 0 fully saturated rings. The number of allylic oxidation sites excluding steroid dienone is 1. The third-order valence-electron chi connectivity index (χ3n) is 5.95. The first-order valence-corrected chi connectivity index (χ1v) is 11.6. The van der Waals surface area contributed by atoms with Gasteiger partial charge in [0, 0.05) is 28.2 Å². The predicted octanol–water partition coefficient (Wildman–Crippen LogP) is 6.51. The number of nitrogens with one attached hydrogen (secondary N) is 1. The third kappa shape index (κ3) is 4.67. The molecule has 1 aliphatic rings. The molecule has 0 saturated carbocycles. The summed E-state index contributed by atoms with van der Waals surface area (Å²) in [5.74, 6) is 0.759. The molecule has 3 aromatic carbocycles. The Labute approximate surface area is 201 Å². The van der Waals surface area contributed by atoms with Gasteiger partial charge in [-0.05, 0) is 57.0 Å². The molecule has 0 spiro atoms. The number of aromatic nitrogens is 2. The molecule has 4 heteroatoms. The lowest BCUT2D eigenvalue weighted by atomic mass is 10.00. The van der Waals surface area contributed by atoms with E-state index in [9.17, 15) is 0 Å². The molecule has 1 unspecified atom stereocenters. The number of nitrogens with zero attached hydrogens (tertiary/aromatic N) is 3. The first-order valence-electron chi connectivity index (χ1n) is 11.6. The van der Waals surface area contributed by atoms with E-state index in [1.165, 1.54) is 11.1 Å². The van der Waals surface area contributed by atoms with Crippen LogP contribution in [0.3, 0.4) is 0 Å². The molecular formula is C30H28N4. The molecule has 1 aromatic heterocycles. The van der Waals surface area contributed by atoms with Crippen LogP contribution in [0, 0.1) is 27.7 Å². The van der Waals surface area contributed by atoms with Crippen molar-refractivity contribution in [2.45, 2.75) is 33.9 Å². The lowest BCUT2D eigenvalue weighted by Gasteiger charge is -2.25. The summed E-state index contributed by atoms with van der Waals surface area (Å²) >= 11 is 0. The van der Waals surface area contributed by atoms with Gasteiger partial charge in [0.1, 0.15) is 6.17 Å². The van der Waals surface area contributed by atoms with Gasteiger partial charge in [0.05, 0.1) is 5.71 Å². The maximum absolute atomic E-state index is 5.07. The first kappa shape index (κ1) is 21.8. The molecule has 168 valence electrons. The van der Waals surface area contributed by atoms with Gasteiger partial charge >= 0.3 is 0 Å². The zero-order chi connectivity index (χ0) is 23.7. The summed E-state index contributed by atoms with van der Waals surface area (Å²) in [6, 6.07) is 27.5. The van der Waals surface area contributed by atoms with E-state index in [0.29, 0.717) is 0 Å². The molecule has 1 aliphatic heterocycles. The summed E-state index contributed by atoms with van der Waals surface area (Å²) < 4.78 is 0. The smallest absolute Gasteiger partial charge is 0.159 e. The highest BCUT2D eigenvalue weighted by molar-refractivity contribution is 6.13. The SMILES string of the molecule is Cc1cccc(C2=NC(c3cccc(C)c3)NC(c3ccc(-c4nc(C)cc(C)n4)cc3)=C2)c1. The van der Waals surface area contributed by atoms with Crippen molar-refractivity contribution in [1.29, 1.82) is 0 Å². The molecule has 4 aromatic rings. The van der Waals surface area contributed by atoms with Crippen molar-refractivity contribution in [3.63, 3.8) is 0 Å². The van der Waals surface area contributed by atoms with Crippen LogP contribution < -0.4 is 5.32 Å². The van der Waals surface area contributed by atoms with Gasteiger partial charge in [-0.2, -0.15) is 0 Å². The quantitative estimate of drug-likeness (QED) is 0.390. The molecule has 5 rings (SSSR count). The Kier molecular flexibility index (Phi) is 5.81. The van der Waals surface area contributed by atoms with Crippen LogP contribution >= 0.6 is 0 Å². The lowest BCUT2D eigenvalue weighted by Crippen LogP contribution is -2.25. The normalized spacial score (nSPS) is 15.4. The topological polar surface area (TPSA) is 50.2 Å². The Morgan fingerprint density at radius 2 is 1.29 bits per heavy atom. The average Bonchev–Trinajstić information content (AvgIpc) is 2.83. The molecule has 4 nitrogen and oxygen atoms in total. The van der Waals surface area contributed by atoms with E-state index in [-0.39, 0.29) is 6.17 Å². The highest BCUT2D eigenvalue weighted by Crippen LogP contribution is 2.28. The van der Waals surface area contributed by atoms with E-state index >= 15 is 0 Å². The Hall–Kier alpha value is -4.05. The third-order valence-corrected chi connectivity index (χ3v) is 5.95. The fraction of sp³-hybridized carbons (Fsp3) is 0.167. The van der Waals surface area contributed by atoms with Crippen molar-refractivity contribution in [3.05, 3.63) is 124 Å². The van der Waals surface area contributed by atoms with E-state index < -0.39 is 0 Å². The van der Waals surface area contributed by atoms with Gasteiger partial charge in [0.15, 0.2) is 5.82 Å². The van der Waals surface area contributed by atoms with Crippen molar-refractivity contribution >= 4 is 11.4 Å². The zero-order valence-corrected chi connectivity index (χ0v) is 20.0. The molecule has 1 N–H and O–H groups in total. The van der Waals surface area contributed by atoms with Gasteiger partial charge in [-0.15, -0.1) is 0 Å². The summed E-state index contributed by atoms with van der Waals surface area (Å²) in [7, 11) is 0. The largest absolute Gasteiger partial charge is 0.360 e. The predicted molar refractivity (Wildman–Crippen MR) is 140 cm³/mol. The van der Waals surface area contributed by atoms with Crippen molar-refractivity contribution in [2.24, 2.45) is 4.99 Å². The Balaban J connectivity index is 1.53. The van der Waals surface area contributed by atoms with E-state index in [4.69, 9.17) is 4.99 Å². The minimum Gasteiger partial charge on any atom is -0.360 e. The lowest BCUT2D eigenvalue weighted by molar-refractivity contribution is 0.663. The monoisotopic (exact) mass is 444 g/mol. The van der Waals surface area contributed by atoms with E-state index in [0.717, 1.165) is 50.9 Å². The molecule has 0 aliphatic carbocycles. The second-order valence-electron chi connectivity index (χ2n) is 8.95. The van der Waals surface area contributed by atoms with Crippen molar-refractivity contribution < 1.29 is 0 Å². The van der Waals surface area contributed by atoms with Gasteiger partial charge in [-0.25, -0.2) is 9.97 Å². The highest BCUT2D eigenvalue weighted by Gasteiger charge is 2.20. The van der Waals surface area contributed by atoms with Crippen LogP contribution in [-0.2, 0) is 0 Å². The average molecular weight is 445 g/mol. The molecule has 2 heterocycles. The van der Waals surface area contributed by atoms with Gasteiger partial charge < -0.3 is 5.32 Å². The molecular weight excluding hydrogens is 416 g/mol. The Bertz CT molecular complexity index is 1390. The first-order chi connectivity index (χ1) is 16.4. The number of hydrogen-bond donors (Lipinski definition) is 1. The summed E-state index contributed by atoms with van der Waals surface area (Å²) in [4.78, 5) is 14.3. The molecule has 0 amide bonds. The fourth-order valence-electron chi connectivity index (χ4n) is 4.32. The van der Waals surface area contributed by atoms with E-state index in [2.05, 4.69) is 108 Å². The van der Waals surface area contributed by atoms with Crippen LogP contribution in [0.4, 0.5) is 0 Å². The molecule has 1 atom stereocenters. The standard InChI is InChI=1S/C30H28N4/c1-19-7-5-9-25(15-19)28-18-27(33-30(34-28)26-10-6-8-20(2)16-26)23-11-13-24(14-12-23)29-31-21(3)17-22(4)32-29/h5-18,30,33H,1-4H3. The second kappa shape index (κ2) is 9.06. The second-order valence-corrected chi connectivity index (χ2v) is 8.95. The van der Waals surface area contributed by atoms with Crippen LogP contribution in [0.2, 0.25) is 0 Å². The Morgan fingerprint density at radius 1 is 0.647 bits per heavy atom. The van der Waals surface area contributed by atoms with Crippen LogP contribution in [0.25, 0.3) is 17.1 Å². The van der Waals surface area contributed by atoms with Gasteiger partial charge in [0.2, 0.25) is 0 Å². The summed E-state index contributed by atoms with van der Waals surface area (Å²) in [5.41, 5.74) is 10.8. The summed E-state index contributed by atoms with van der Waals surface area (Å²) in [6.07, 6.45) is 1.99. The molecule has 0 saturated heterocycles. The number of benzene rings is 3. The minimum absolute atomic E-state index is 0.155. The van der Waals surface area contributed by atoms with Gasteiger partial charge in [0.25, 0.3) is 0 Å². The number of hydrogen-bond acceptors (Lipinski definition) is 4. The minimum atomic E-state index is -0.155. The van der Waals surface area contributed by atoms with Crippen LogP contribution in [0.1, 0.15) is 45.4 Å². The molecule has 34 heavy (non-hydrogen) atoms. The maximum Gasteiger partial charge on any atom is 0.159 e. The van der Waals surface area contributed by atoms with E-state index in [1.807, 2.05) is 19.9 Å². The Morgan fingerprint density at radius 3 is 1.97 bits per heavy atom. The van der Waals surface area contributed by atoms with Crippen LogP contribution in [-0.4, -0.2) is 15.7 Å². The van der Waals surface area contributed by atoms with Gasteiger partial charge in [-0.3, -0.25) is 4.99 Å². The van der Waals surface area contributed by atoms with Gasteiger partial charge in [-0.1, -0.05) is 77.9 Å². The van der Waals surface area contributed by atoms with Crippen molar-refractivity contribution in [2.75, 3.05) is 0 Å². The fourth-order valence-corrected chi connectivity index (χ4v) is 4.32. The molecule has 0 radical (unpaired) electrons. The van der Waals surface area contributed by atoms with E-state index in [1.54, 1.807) is 0 Å². The molecule has 0 bridgehead atoms. The number of aryl methyl sites for hydroxylation is 4. The maximum atomic E-state index is 5.07.